The standard InChI is InChI=1S/C9H17NO3/c11-9-6-12-5-8(9)10-13-7-3-1-2-4-7/h7-11H,1-6H2. The van der Waals surface area contributed by atoms with Crippen LogP contribution in [0.4, 0.5) is 0 Å². The molecule has 2 rings (SSSR count). The molecule has 2 aliphatic rings. The van der Waals surface area contributed by atoms with Gasteiger partial charge in [0.1, 0.15) is 0 Å². The molecular formula is C9H17NO3. The summed E-state index contributed by atoms with van der Waals surface area (Å²) < 4.78 is 5.09. The van der Waals surface area contributed by atoms with Gasteiger partial charge in [0.25, 0.3) is 0 Å². The SMILES string of the molecule is OC1COCC1NOC1CCCC1. The van der Waals surface area contributed by atoms with Crippen molar-refractivity contribution >= 4 is 0 Å². The Bertz CT molecular complexity index is 159. The summed E-state index contributed by atoms with van der Waals surface area (Å²) in [5.41, 5.74) is 2.90. The fourth-order valence-corrected chi connectivity index (χ4v) is 1.85. The van der Waals surface area contributed by atoms with Gasteiger partial charge in [0.2, 0.25) is 0 Å². The Kier molecular flexibility index (Phi) is 3.16. The quantitative estimate of drug-likeness (QED) is 0.620. The molecular weight excluding hydrogens is 170 g/mol. The average Bonchev–Trinajstić information content (AvgIpc) is 2.72. The van der Waals surface area contributed by atoms with Crippen molar-refractivity contribution in [1.29, 1.82) is 0 Å². The molecule has 2 fully saturated rings. The highest BCUT2D eigenvalue weighted by atomic mass is 16.7. The van der Waals surface area contributed by atoms with Gasteiger partial charge in [0, 0.05) is 0 Å². The monoisotopic (exact) mass is 187 g/mol. The summed E-state index contributed by atoms with van der Waals surface area (Å²) in [6.07, 6.45) is 4.72. The Balaban J connectivity index is 1.66. The number of aliphatic hydroxyl groups is 1. The highest BCUT2D eigenvalue weighted by Gasteiger charge is 2.27. The van der Waals surface area contributed by atoms with Crippen LogP contribution in [0.3, 0.4) is 0 Å². The lowest BCUT2D eigenvalue weighted by atomic mass is 10.2. The molecule has 1 saturated carbocycles. The number of hydroxylamine groups is 1. The molecule has 0 amide bonds. The lowest BCUT2D eigenvalue weighted by Gasteiger charge is -2.17. The highest BCUT2D eigenvalue weighted by molar-refractivity contribution is 4.78. The van der Waals surface area contributed by atoms with E-state index in [1.54, 1.807) is 0 Å². The Morgan fingerprint density at radius 2 is 2.00 bits per heavy atom. The summed E-state index contributed by atoms with van der Waals surface area (Å²) in [5, 5.41) is 9.40. The minimum absolute atomic E-state index is 0.0411. The van der Waals surface area contributed by atoms with Crippen molar-refractivity contribution in [2.45, 2.75) is 43.9 Å². The third-order valence-corrected chi connectivity index (χ3v) is 2.74. The molecule has 0 aromatic carbocycles. The minimum atomic E-state index is -0.415. The second-order valence-corrected chi connectivity index (χ2v) is 3.85. The zero-order valence-electron chi connectivity index (χ0n) is 7.74. The molecule has 13 heavy (non-hydrogen) atoms. The minimum Gasteiger partial charge on any atom is -0.389 e. The fourth-order valence-electron chi connectivity index (χ4n) is 1.85. The van der Waals surface area contributed by atoms with E-state index in [2.05, 4.69) is 5.48 Å². The van der Waals surface area contributed by atoms with Gasteiger partial charge in [-0.15, -0.1) is 0 Å². The van der Waals surface area contributed by atoms with Gasteiger partial charge in [-0.25, -0.2) is 0 Å². The second-order valence-electron chi connectivity index (χ2n) is 3.85. The van der Waals surface area contributed by atoms with Crippen molar-refractivity contribution < 1.29 is 14.7 Å². The first-order valence-corrected chi connectivity index (χ1v) is 5.03. The zero-order valence-corrected chi connectivity index (χ0v) is 7.74. The predicted octanol–water partition coefficient (Wildman–Crippen LogP) is 0.210. The van der Waals surface area contributed by atoms with Gasteiger partial charge >= 0.3 is 0 Å². The Hall–Kier alpha value is -0.160. The summed E-state index contributed by atoms with van der Waals surface area (Å²) in [6.45, 7) is 0.972. The molecule has 1 saturated heterocycles. The fraction of sp³-hybridized carbons (Fsp3) is 1.00. The first kappa shape index (κ1) is 9.40. The Labute approximate surface area is 78.2 Å². The number of nitrogens with one attached hydrogen (secondary N) is 1. The maximum atomic E-state index is 9.40. The van der Waals surface area contributed by atoms with Gasteiger partial charge in [-0.2, -0.15) is 5.48 Å². The number of aliphatic hydroxyl groups excluding tert-OH is 1. The third-order valence-electron chi connectivity index (χ3n) is 2.74. The normalized spacial score (nSPS) is 35.8. The lowest BCUT2D eigenvalue weighted by Crippen LogP contribution is -2.40. The van der Waals surface area contributed by atoms with E-state index in [1.165, 1.54) is 12.8 Å². The van der Waals surface area contributed by atoms with Crippen molar-refractivity contribution in [2.75, 3.05) is 13.2 Å². The topological polar surface area (TPSA) is 50.7 Å². The molecule has 76 valence electrons. The van der Waals surface area contributed by atoms with E-state index in [1.807, 2.05) is 0 Å². The first-order chi connectivity index (χ1) is 6.36. The summed E-state index contributed by atoms with van der Waals surface area (Å²) in [5.74, 6) is 0. The molecule has 2 N–H and O–H groups in total. The van der Waals surface area contributed by atoms with Crippen molar-refractivity contribution in [1.82, 2.24) is 5.48 Å². The van der Waals surface area contributed by atoms with Gasteiger partial charge in [-0.05, 0) is 12.8 Å². The Morgan fingerprint density at radius 3 is 2.62 bits per heavy atom. The second kappa shape index (κ2) is 4.37. The van der Waals surface area contributed by atoms with E-state index >= 15 is 0 Å². The number of hydrogen-bond acceptors (Lipinski definition) is 4. The van der Waals surface area contributed by atoms with Crippen LogP contribution in [-0.4, -0.2) is 36.6 Å². The molecule has 0 radical (unpaired) electrons. The van der Waals surface area contributed by atoms with E-state index in [4.69, 9.17) is 9.57 Å². The molecule has 1 aliphatic heterocycles. The summed E-state index contributed by atoms with van der Waals surface area (Å²) in [7, 11) is 0. The smallest absolute Gasteiger partial charge is 0.0971 e. The maximum Gasteiger partial charge on any atom is 0.0971 e. The average molecular weight is 187 g/mol. The van der Waals surface area contributed by atoms with Crippen LogP contribution >= 0.6 is 0 Å². The van der Waals surface area contributed by atoms with Crippen molar-refractivity contribution in [3.05, 3.63) is 0 Å². The van der Waals surface area contributed by atoms with Crippen LogP contribution < -0.4 is 5.48 Å². The van der Waals surface area contributed by atoms with Gasteiger partial charge < -0.3 is 9.84 Å². The molecule has 4 heteroatoms. The molecule has 1 aliphatic carbocycles. The molecule has 4 nitrogen and oxygen atoms in total. The van der Waals surface area contributed by atoms with Crippen LogP contribution in [0, 0.1) is 0 Å². The van der Waals surface area contributed by atoms with E-state index in [0.717, 1.165) is 12.8 Å². The van der Waals surface area contributed by atoms with Gasteiger partial charge in [0.15, 0.2) is 0 Å². The summed E-state index contributed by atoms with van der Waals surface area (Å²) in [4.78, 5) is 5.47. The molecule has 0 spiro atoms. The van der Waals surface area contributed by atoms with Crippen LogP contribution in [-0.2, 0) is 9.57 Å². The van der Waals surface area contributed by atoms with Crippen LogP contribution in [0.2, 0.25) is 0 Å². The van der Waals surface area contributed by atoms with Gasteiger partial charge in [-0.3, -0.25) is 4.84 Å². The van der Waals surface area contributed by atoms with Gasteiger partial charge in [0.05, 0.1) is 31.5 Å². The highest BCUT2D eigenvalue weighted by Crippen LogP contribution is 2.20. The largest absolute Gasteiger partial charge is 0.389 e. The molecule has 0 aromatic rings. The lowest BCUT2D eigenvalue weighted by molar-refractivity contribution is -0.0553. The van der Waals surface area contributed by atoms with Crippen molar-refractivity contribution in [3.63, 3.8) is 0 Å². The van der Waals surface area contributed by atoms with E-state index < -0.39 is 6.10 Å². The van der Waals surface area contributed by atoms with Crippen molar-refractivity contribution in [3.8, 4) is 0 Å². The molecule has 0 aromatic heterocycles. The molecule has 0 bridgehead atoms. The van der Waals surface area contributed by atoms with Crippen LogP contribution in [0.15, 0.2) is 0 Å². The van der Waals surface area contributed by atoms with Crippen LogP contribution in [0.5, 0.6) is 0 Å². The zero-order chi connectivity index (χ0) is 9.10. The van der Waals surface area contributed by atoms with Crippen molar-refractivity contribution in [2.24, 2.45) is 0 Å². The number of hydrogen-bond donors (Lipinski definition) is 2. The summed E-state index contributed by atoms with van der Waals surface area (Å²) >= 11 is 0. The van der Waals surface area contributed by atoms with Crippen LogP contribution in [0.1, 0.15) is 25.7 Å². The predicted molar refractivity (Wildman–Crippen MR) is 47.1 cm³/mol. The summed E-state index contributed by atoms with van der Waals surface area (Å²) in [6, 6.07) is -0.0411. The number of rotatable bonds is 3. The van der Waals surface area contributed by atoms with E-state index in [-0.39, 0.29) is 6.04 Å². The van der Waals surface area contributed by atoms with Gasteiger partial charge in [-0.1, -0.05) is 12.8 Å². The molecule has 1 heterocycles. The third kappa shape index (κ3) is 2.40. The first-order valence-electron chi connectivity index (χ1n) is 5.03. The molecule has 2 unspecified atom stereocenters. The number of ether oxygens (including phenoxy) is 1. The van der Waals surface area contributed by atoms with Crippen LogP contribution in [0.25, 0.3) is 0 Å². The Morgan fingerprint density at radius 1 is 1.23 bits per heavy atom. The maximum absolute atomic E-state index is 9.40. The molecule has 2 atom stereocenters. The van der Waals surface area contributed by atoms with E-state index in [9.17, 15) is 5.11 Å². The van der Waals surface area contributed by atoms with E-state index in [0.29, 0.717) is 19.3 Å².